The summed E-state index contributed by atoms with van der Waals surface area (Å²) in [7, 11) is 0. The average Bonchev–Trinajstić information content (AvgIpc) is 2.27. The first-order valence-electron chi connectivity index (χ1n) is 5.29. The van der Waals surface area contributed by atoms with Gasteiger partial charge in [0.1, 0.15) is 5.54 Å². The van der Waals surface area contributed by atoms with Crippen molar-refractivity contribution in [3.63, 3.8) is 0 Å². The summed E-state index contributed by atoms with van der Waals surface area (Å²) in [4.78, 5) is 40.3. The predicted molar refractivity (Wildman–Crippen MR) is 61.6 cm³/mol. The van der Waals surface area contributed by atoms with Gasteiger partial charge in [-0.3, -0.25) is 10.1 Å². The summed E-state index contributed by atoms with van der Waals surface area (Å²) >= 11 is 0. The molecular formula is C10H13N5O3. The minimum absolute atomic E-state index is 0.378. The lowest BCUT2D eigenvalue weighted by Crippen LogP contribution is -2.67. The van der Waals surface area contributed by atoms with Gasteiger partial charge in [-0.25, -0.2) is 14.6 Å². The zero-order valence-electron chi connectivity index (χ0n) is 9.90. The lowest BCUT2D eigenvalue weighted by Gasteiger charge is -2.37. The monoisotopic (exact) mass is 251 g/mol. The molecule has 0 unspecified atom stereocenters. The van der Waals surface area contributed by atoms with Crippen LogP contribution in [0, 0.1) is 6.92 Å². The fraction of sp³-hybridized carbons (Fsp3) is 0.400. The van der Waals surface area contributed by atoms with E-state index in [0.29, 0.717) is 11.3 Å². The SMILES string of the molecule is Cc1cnc(=O)[nH]c1[C@@H]1NC(=O)NC(=O)[C@]1(C)N. The normalized spacial score (nSPS) is 27.6. The number of aryl methyl sites for hydroxylation is 1. The number of aromatic nitrogens is 2. The Morgan fingerprint density at radius 2 is 2.06 bits per heavy atom. The molecule has 2 rings (SSSR count). The van der Waals surface area contributed by atoms with Crippen LogP contribution in [0.3, 0.4) is 0 Å². The van der Waals surface area contributed by atoms with Crippen molar-refractivity contribution in [2.45, 2.75) is 25.4 Å². The molecule has 18 heavy (non-hydrogen) atoms. The van der Waals surface area contributed by atoms with Crippen LogP contribution in [0.1, 0.15) is 24.2 Å². The Morgan fingerprint density at radius 3 is 2.72 bits per heavy atom. The number of amides is 3. The number of rotatable bonds is 1. The van der Waals surface area contributed by atoms with Crippen molar-refractivity contribution < 1.29 is 9.59 Å². The molecule has 1 aromatic heterocycles. The second-order valence-corrected chi connectivity index (χ2v) is 4.43. The van der Waals surface area contributed by atoms with Gasteiger partial charge in [0.25, 0.3) is 0 Å². The minimum Gasteiger partial charge on any atom is -0.327 e. The van der Waals surface area contributed by atoms with Gasteiger partial charge < -0.3 is 16.0 Å². The molecular weight excluding hydrogens is 238 g/mol. The maximum Gasteiger partial charge on any atom is 0.345 e. The Balaban J connectivity index is 2.53. The topological polar surface area (TPSA) is 130 Å². The van der Waals surface area contributed by atoms with Crippen molar-refractivity contribution in [3.8, 4) is 0 Å². The third-order valence-electron chi connectivity index (χ3n) is 2.92. The maximum absolute atomic E-state index is 11.7. The first-order valence-corrected chi connectivity index (χ1v) is 5.29. The molecule has 96 valence electrons. The van der Waals surface area contributed by atoms with E-state index in [-0.39, 0.29) is 0 Å². The van der Waals surface area contributed by atoms with Crippen LogP contribution in [0.5, 0.6) is 0 Å². The first kappa shape index (κ1) is 12.2. The van der Waals surface area contributed by atoms with Gasteiger partial charge in [-0.15, -0.1) is 0 Å². The summed E-state index contributed by atoms with van der Waals surface area (Å²) in [5, 5.41) is 4.61. The summed E-state index contributed by atoms with van der Waals surface area (Å²) in [6.07, 6.45) is 1.36. The number of nitrogens with two attached hydrogens (primary N) is 1. The van der Waals surface area contributed by atoms with E-state index in [1.54, 1.807) is 6.92 Å². The van der Waals surface area contributed by atoms with E-state index in [2.05, 4.69) is 20.6 Å². The number of aromatic amines is 1. The summed E-state index contributed by atoms with van der Waals surface area (Å²) in [6, 6.07) is -1.46. The fourth-order valence-corrected chi connectivity index (χ4v) is 1.83. The number of urea groups is 1. The molecule has 8 nitrogen and oxygen atoms in total. The molecule has 1 saturated heterocycles. The second kappa shape index (κ2) is 3.91. The third-order valence-corrected chi connectivity index (χ3v) is 2.92. The second-order valence-electron chi connectivity index (χ2n) is 4.43. The van der Waals surface area contributed by atoms with Gasteiger partial charge in [0.2, 0.25) is 5.91 Å². The van der Waals surface area contributed by atoms with E-state index < -0.39 is 29.2 Å². The van der Waals surface area contributed by atoms with Crippen LogP contribution in [0.2, 0.25) is 0 Å². The van der Waals surface area contributed by atoms with E-state index in [1.165, 1.54) is 13.1 Å². The number of imide groups is 1. The van der Waals surface area contributed by atoms with Crippen LogP contribution in [0.4, 0.5) is 4.79 Å². The fourth-order valence-electron chi connectivity index (χ4n) is 1.83. The molecule has 0 bridgehead atoms. The van der Waals surface area contributed by atoms with Gasteiger partial charge in [0.15, 0.2) is 0 Å². The number of H-pyrrole nitrogens is 1. The van der Waals surface area contributed by atoms with Gasteiger partial charge >= 0.3 is 11.7 Å². The van der Waals surface area contributed by atoms with Crippen LogP contribution in [0.25, 0.3) is 0 Å². The molecule has 3 amide bonds. The molecule has 2 heterocycles. The Kier molecular flexibility index (Phi) is 2.66. The zero-order chi connectivity index (χ0) is 13.5. The Hall–Kier alpha value is -2.22. The first-order chi connectivity index (χ1) is 8.32. The number of nitrogens with one attached hydrogen (secondary N) is 3. The molecule has 1 aliphatic heterocycles. The molecule has 1 aromatic rings. The highest BCUT2D eigenvalue weighted by Crippen LogP contribution is 2.26. The minimum atomic E-state index is -1.36. The van der Waals surface area contributed by atoms with E-state index in [9.17, 15) is 14.4 Å². The molecule has 0 spiro atoms. The number of carbonyl (C=O) groups excluding carboxylic acids is 2. The van der Waals surface area contributed by atoms with Crippen LogP contribution in [-0.4, -0.2) is 27.4 Å². The highest BCUT2D eigenvalue weighted by atomic mass is 16.2. The van der Waals surface area contributed by atoms with Crippen molar-refractivity contribution >= 4 is 11.9 Å². The molecule has 1 fully saturated rings. The Labute approximate surface area is 102 Å². The summed E-state index contributed by atoms with van der Waals surface area (Å²) in [5.74, 6) is -0.603. The molecule has 0 saturated carbocycles. The van der Waals surface area contributed by atoms with Crippen molar-refractivity contribution in [1.82, 2.24) is 20.6 Å². The van der Waals surface area contributed by atoms with Gasteiger partial charge in [0.05, 0.1) is 6.04 Å². The number of carbonyl (C=O) groups is 2. The van der Waals surface area contributed by atoms with Gasteiger partial charge in [-0.05, 0) is 19.4 Å². The van der Waals surface area contributed by atoms with Gasteiger partial charge in [-0.1, -0.05) is 0 Å². The summed E-state index contributed by atoms with van der Waals surface area (Å²) in [5.41, 5.74) is 5.00. The number of hydrogen-bond acceptors (Lipinski definition) is 5. The zero-order valence-corrected chi connectivity index (χ0v) is 9.90. The summed E-state index contributed by atoms with van der Waals surface area (Å²) in [6.45, 7) is 3.18. The van der Waals surface area contributed by atoms with E-state index in [0.717, 1.165) is 0 Å². The largest absolute Gasteiger partial charge is 0.345 e. The molecule has 0 radical (unpaired) electrons. The van der Waals surface area contributed by atoms with Crippen LogP contribution >= 0.6 is 0 Å². The lowest BCUT2D eigenvalue weighted by atomic mass is 9.87. The van der Waals surface area contributed by atoms with Gasteiger partial charge in [0, 0.05) is 11.9 Å². The van der Waals surface area contributed by atoms with Crippen molar-refractivity contribution in [3.05, 3.63) is 27.9 Å². The van der Waals surface area contributed by atoms with Crippen molar-refractivity contribution in [2.24, 2.45) is 5.73 Å². The highest BCUT2D eigenvalue weighted by molar-refractivity contribution is 6.02. The van der Waals surface area contributed by atoms with E-state index in [1.807, 2.05) is 0 Å². The van der Waals surface area contributed by atoms with Crippen LogP contribution < -0.4 is 22.1 Å². The van der Waals surface area contributed by atoms with Crippen molar-refractivity contribution in [1.29, 1.82) is 0 Å². The van der Waals surface area contributed by atoms with E-state index in [4.69, 9.17) is 5.73 Å². The number of hydrogen-bond donors (Lipinski definition) is 4. The maximum atomic E-state index is 11.7. The molecule has 0 aromatic carbocycles. The lowest BCUT2D eigenvalue weighted by molar-refractivity contribution is -0.126. The van der Waals surface area contributed by atoms with E-state index >= 15 is 0 Å². The Morgan fingerprint density at radius 1 is 1.39 bits per heavy atom. The number of nitrogens with zero attached hydrogens (tertiary/aromatic N) is 1. The van der Waals surface area contributed by atoms with Gasteiger partial charge in [-0.2, -0.15) is 0 Å². The van der Waals surface area contributed by atoms with Crippen LogP contribution in [-0.2, 0) is 4.79 Å². The molecule has 0 aliphatic carbocycles. The molecule has 8 heteroatoms. The molecule has 1 aliphatic rings. The highest BCUT2D eigenvalue weighted by Gasteiger charge is 2.45. The van der Waals surface area contributed by atoms with Crippen LogP contribution in [0.15, 0.2) is 11.0 Å². The Bertz CT molecular complexity index is 577. The quantitative estimate of drug-likeness (QED) is 0.491. The third kappa shape index (κ3) is 1.86. The van der Waals surface area contributed by atoms with Crippen molar-refractivity contribution in [2.75, 3.05) is 0 Å². The molecule has 5 N–H and O–H groups in total. The predicted octanol–water partition coefficient (Wildman–Crippen LogP) is -1.32. The standard InChI is InChI=1S/C10H13N5O3/c1-4-3-12-8(17)13-5(4)6-10(2,11)7(16)15-9(18)14-6/h3,6H,11H2,1-2H3,(H,12,13,17)(H2,14,15,16,18)/t6-,10+/m0/s1. The smallest absolute Gasteiger partial charge is 0.327 e. The average molecular weight is 251 g/mol. The summed E-state index contributed by atoms with van der Waals surface area (Å²) < 4.78 is 0. The molecule has 2 atom stereocenters.